The van der Waals surface area contributed by atoms with E-state index in [9.17, 15) is 4.79 Å². The molecule has 3 rings (SSSR count). The highest BCUT2D eigenvalue weighted by Crippen LogP contribution is 2.29. The van der Waals surface area contributed by atoms with Crippen LogP contribution in [0.15, 0.2) is 71.2 Å². The Balaban J connectivity index is 1.59. The number of ether oxygens (including phenoxy) is 2. The Kier molecular flexibility index (Phi) is 7.99. The third kappa shape index (κ3) is 6.68. The molecule has 156 valence electrons. The summed E-state index contributed by atoms with van der Waals surface area (Å²) in [5.41, 5.74) is 2.72. The lowest BCUT2D eigenvalue weighted by Gasteiger charge is -2.14. The SMILES string of the molecule is CCOc1cc(CNc2ccc(Br)cc2)ccc1OCC(=O)Nc1ccc(Cl)cc1. The minimum atomic E-state index is -0.263. The summed E-state index contributed by atoms with van der Waals surface area (Å²) >= 11 is 9.29. The van der Waals surface area contributed by atoms with Gasteiger partial charge in [-0.2, -0.15) is 0 Å². The standard InChI is InChI=1S/C23H22BrClN2O3/c1-2-29-22-13-16(14-26-19-8-4-17(24)5-9-19)3-12-21(22)30-15-23(28)27-20-10-6-18(25)7-11-20/h3-13,26H,2,14-15H2,1H3,(H,27,28). The lowest BCUT2D eigenvalue weighted by atomic mass is 10.2. The Hall–Kier alpha value is -2.70. The van der Waals surface area contributed by atoms with Gasteiger partial charge in [-0.05, 0) is 73.2 Å². The van der Waals surface area contributed by atoms with E-state index in [-0.39, 0.29) is 12.5 Å². The molecule has 3 aromatic rings. The molecule has 0 atom stereocenters. The zero-order valence-corrected chi connectivity index (χ0v) is 18.8. The summed E-state index contributed by atoms with van der Waals surface area (Å²) < 4.78 is 12.4. The van der Waals surface area contributed by atoms with Crippen LogP contribution in [-0.2, 0) is 11.3 Å². The van der Waals surface area contributed by atoms with E-state index in [1.54, 1.807) is 24.3 Å². The first kappa shape index (κ1) is 22.0. The number of hydrogen-bond donors (Lipinski definition) is 2. The number of benzene rings is 3. The second kappa shape index (κ2) is 10.9. The molecule has 2 N–H and O–H groups in total. The van der Waals surface area contributed by atoms with E-state index in [2.05, 4.69) is 26.6 Å². The predicted octanol–water partition coefficient (Wildman–Crippen LogP) is 6.13. The van der Waals surface area contributed by atoms with Gasteiger partial charge in [0.25, 0.3) is 5.91 Å². The van der Waals surface area contributed by atoms with Crippen molar-refractivity contribution in [1.29, 1.82) is 0 Å². The summed E-state index contributed by atoms with van der Waals surface area (Å²) in [6, 6.07) is 20.6. The molecular formula is C23H22BrClN2O3. The van der Waals surface area contributed by atoms with Gasteiger partial charge in [-0.15, -0.1) is 0 Å². The molecule has 0 radical (unpaired) electrons. The van der Waals surface area contributed by atoms with Gasteiger partial charge in [0.2, 0.25) is 0 Å². The summed E-state index contributed by atoms with van der Waals surface area (Å²) in [5.74, 6) is 0.864. The highest BCUT2D eigenvalue weighted by atomic mass is 79.9. The van der Waals surface area contributed by atoms with E-state index < -0.39 is 0 Å². The number of nitrogens with one attached hydrogen (secondary N) is 2. The van der Waals surface area contributed by atoms with Crippen LogP contribution in [0, 0.1) is 0 Å². The van der Waals surface area contributed by atoms with Crippen molar-refractivity contribution in [3.8, 4) is 11.5 Å². The summed E-state index contributed by atoms with van der Waals surface area (Å²) in [4.78, 5) is 12.2. The smallest absolute Gasteiger partial charge is 0.262 e. The highest BCUT2D eigenvalue weighted by molar-refractivity contribution is 9.10. The van der Waals surface area contributed by atoms with Crippen LogP contribution in [0.25, 0.3) is 0 Å². The van der Waals surface area contributed by atoms with E-state index >= 15 is 0 Å². The van der Waals surface area contributed by atoms with Gasteiger partial charge < -0.3 is 20.1 Å². The summed E-state index contributed by atoms with van der Waals surface area (Å²) in [6.07, 6.45) is 0. The van der Waals surface area contributed by atoms with Crippen molar-refractivity contribution in [2.75, 3.05) is 23.8 Å². The molecule has 0 heterocycles. The number of hydrogen-bond acceptors (Lipinski definition) is 4. The van der Waals surface area contributed by atoms with Crippen LogP contribution in [-0.4, -0.2) is 19.1 Å². The largest absolute Gasteiger partial charge is 0.490 e. The van der Waals surface area contributed by atoms with Gasteiger partial charge in [-0.25, -0.2) is 0 Å². The predicted molar refractivity (Wildman–Crippen MR) is 125 cm³/mol. The Bertz CT molecular complexity index is 979. The average molecular weight is 490 g/mol. The van der Waals surface area contributed by atoms with Crippen molar-refractivity contribution in [2.24, 2.45) is 0 Å². The molecule has 0 spiro atoms. The van der Waals surface area contributed by atoms with E-state index in [4.69, 9.17) is 21.1 Å². The Morgan fingerprint density at radius 3 is 2.33 bits per heavy atom. The number of anilines is 2. The van der Waals surface area contributed by atoms with Gasteiger partial charge in [-0.1, -0.05) is 33.6 Å². The summed E-state index contributed by atoms with van der Waals surface area (Å²) in [6.45, 7) is 2.92. The molecular weight excluding hydrogens is 468 g/mol. The first-order chi connectivity index (χ1) is 14.5. The quantitative estimate of drug-likeness (QED) is 0.379. The van der Waals surface area contributed by atoms with Gasteiger partial charge in [0.05, 0.1) is 6.61 Å². The van der Waals surface area contributed by atoms with Gasteiger partial charge in [-0.3, -0.25) is 4.79 Å². The molecule has 0 aliphatic heterocycles. The molecule has 3 aromatic carbocycles. The fourth-order valence-electron chi connectivity index (χ4n) is 2.70. The van der Waals surface area contributed by atoms with Crippen molar-refractivity contribution >= 4 is 44.8 Å². The molecule has 0 aliphatic carbocycles. The van der Waals surface area contributed by atoms with Gasteiger partial charge in [0.1, 0.15) is 0 Å². The maximum absolute atomic E-state index is 12.2. The topological polar surface area (TPSA) is 59.6 Å². The molecule has 0 aliphatic rings. The Morgan fingerprint density at radius 2 is 1.63 bits per heavy atom. The fourth-order valence-corrected chi connectivity index (χ4v) is 3.09. The van der Waals surface area contributed by atoms with Crippen LogP contribution in [0.4, 0.5) is 11.4 Å². The third-order valence-corrected chi connectivity index (χ3v) is 4.92. The molecule has 0 saturated heterocycles. The van der Waals surface area contributed by atoms with Crippen LogP contribution in [0.1, 0.15) is 12.5 Å². The minimum Gasteiger partial charge on any atom is -0.490 e. The average Bonchev–Trinajstić information content (AvgIpc) is 2.74. The highest BCUT2D eigenvalue weighted by Gasteiger charge is 2.10. The molecule has 0 aromatic heterocycles. The molecule has 5 nitrogen and oxygen atoms in total. The zero-order valence-electron chi connectivity index (χ0n) is 16.5. The lowest BCUT2D eigenvalue weighted by molar-refractivity contribution is -0.118. The normalized spacial score (nSPS) is 10.4. The molecule has 30 heavy (non-hydrogen) atoms. The van der Waals surface area contributed by atoms with Crippen molar-refractivity contribution in [3.05, 3.63) is 81.8 Å². The van der Waals surface area contributed by atoms with E-state index in [0.29, 0.717) is 35.4 Å². The molecule has 0 bridgehead atoms. The first-order valence-corrected chi connectivity index (χ1v) is 10.6. The Labute approximate surface area is 189 Å². The van der Waals surface area contributed by atoms with Gasteiger partial charge in [0, 0.05) is 27.4 Å². The second-order valence-electron chi connectivity index (χ2n) is 6.42. The van der Waals surface area contributed by atoms with Gasteiger partial charge >= 0.3 is 0 Å². The monoisotopic (exact) mass is 488 g/mol. The summed E-state index contributed by atoms with van der Waals surface area (Å²) in [5, 5.41) is 6.75. The van der Waals surface area contributed by atoms with Crippen molar-refractivity contribution in [3.63, 3.8) is 0 Å². The number of carbonyl (C=O) groups excluding carboxylic acids is 1. The fraction of sp³-hybridized carbons (Fsp3) is 0.174. The van der Waals surface area contributed by atoms with Crippen molar-refractivity contribution in [1.82, 2.24) is 0 Å². The second-order valence-corrected chi connectivity index (χ2v) is 7.77. The lowest BCUT2D eigenvalue weighted by Crippen LogP contribution is -2.20. The van der Waals surface area contributed by atoms with Crippen LogP contribution >= 0.6 is 27.5 Å². The van der Waals surface area contributed by atoms with Crippen LogP contribution < -0.4 is 20.1 Å². The molecule has 1 amide bonds. The third-order valence-electron chi connectivity index (χ3n) is 4.14. The molecule has 0 saturated carbocycles. The van der Waals surface area contributed by atoms with Crippen LogP contribution in [0.2, 0.25) is 5.02 Å². The number of carbonyl (C=O) groups is 1. The van der Waals surface area contributed by atoms with E-state index in [1.807, 2.05) is 49.4 Å². The van der Waals surface area contributed by atoms with Crippen molar-refractivity contribution < 1.29 is 14.3 Å². The molecule has 0 fully saturated rings. The number of rotatable bonds is 9. The van der Waals surface area contributed by atoms with Crippen LogP contribution in [0.5, 0.6) is 11.5 Å². The minimum absolute atomic E-state index is 0.126. The first-order valence-electron chi connectivity index (χ1n) is 9.47. The summed E-state index contributed by atoms with van der Waals surface area (Å²) in [7, 11) is 0. The van der Waals surface area contributed by atoms with Crippen LogP contribution in [0.3, 0.4) is 0 Å². The van der Waals surface area contributed by atoms with Gasteiger partial charge in [0.15, 0.2) is 18.1 Å². The molecule has 7 heteroatoms. The number of halogens is 2. The molecule has 0 unspecified atom stereocenters. The van der Waals surface area contributed by atoms with E-state index in [0.717, 1.165) is 15.7 Å². The zero-order chi connectivity index (χ0) is 21.3. The Morgan fingerprint density at radius 1 is 0.933 bits per heavy atom. The maximum atomic E-state index is 12.2. The maximum Gasteiger partial charge on any atom is 0.262 e. The number of amides is 1. The van der Waals surface area contributed by atoms with E-state index in [1.165, 1.54) is 0 Å². The van der Waals surface area contributed by atoms with Crippen molar-refractivity contribution in [2.45, 2.75) is 13.5 Å².